The molecule has 0 aromatic carbocycles. The van der Waals surface area contributed by atoms with E-state index in [0.717, 1.165) is 0 Å². The highest BCUT2D eigenvalue weighted by Crippen LogP contribution is 2.14. The first-order chi connectivity index (χ1) is 7.38. The Morgan fingerprint density at radius 3 is 2.75 bits per heavy atom. The van der Waals surface area contributed by atoms with Crippen LogP contribution in [-0.4, -0.2) is 34.4 Å². The van der Waals surface area contributed by atoms with Crippen LogP contribution in [0.2, 0.25) is 0 Å². The maximum atomic E-state index is 11.7. The van der Waals surface area contributed by atoms with Crippen molar-refractivity contribution in [1.29, 1.82) is 0 Å². The molecule has 16 heavy (non-hydrogen) atoms. The molecule has 8 heteroatoms. The lowest BCUT2D eigenvalue weighted by molar-refractivity contribution is -0.174. The van der Waals surface area contributed by atoms with Crippen molar-refractivity contribution in [1.82, 2.24) is 15.0 Å². The average Bonchev–Trinajstić information content (AvgIpc) is 2.59. The third-order valence-electron chi connectivity index (χ3n) is 1.75. The number of nitrogens with zero attached hydrogens (tertiary/aromatic N) is 3. The third-order valence-corrected chi connectivity index (χ3v) is 1.75. The number of ether oxygens (including phenoxy) is 1. The summed E-state index contributed by atoms with van der Waals surface area (Å²) < 4.78 is 41.0. The largest absolute Gasteiger partial charge is 0.411 e. The van der Waals surface area contributed by atoms with Crippen molar-refractivity contribution in [2.24, 2.45) is 5.73 Å². The summed E-state index contributed by atoms with van der Waals surface area (Å²) in [5.74, 6) is 0. The zero-order chi connectivity index (χ0) is 12.2. The highest BCUT2D eigenvalue weighted by atomic mass is 19.4. The molecule has 0 saturated heterocycles. The lowest BCUT2D eigenvalue weighted by atomic mass is 10.3. The monoisotopic (exact) mass is 238 g/mol. The van der Waals surface area contributed by atoms with Gasteiger partial charge in [-0.2, -0.15) is 13.2 Å². The minimum atomic E-state index is -4.29. The summed E-state index contributed by atoms with van der Waals surface area (Å²) in [4.78, 5) is 0. The van der Waals surface area contributed by atoms with Crippen LogP contribution in [0.4, 0.5) is 13.2 Å². The molecule has 2 N–H and O–H groups in total. The fourth-order valence-corrected chi connectivity index (χ4v) is 0.977. The summed E-state index contributed by atoms with van der Waals surface area (Å²) in [6.45, 7) is 0.646. The molecule has 0 amide bonds. The quantitative estimate of drug-likeness (QED) is 0.773. The summed E-state index contributed by atoms with van der Waals surface area (Å²) in [5.41, 5.74) is 6.14. The molecular weight excluding hydrogens is 225 g/mol. The molecule has 0 saturated carbocycles. The van der Waals surface area contributed by atoms with Crippen LogP contribution in [0.3, 0.4) is 0 Å². The summed E-state index contributed by atoms with van der Waals surface area (Å²) in [5, 5.41) is 7.45. The van der Waals surface area contributed by atoms with E-state index < -0.39 is 12.8 Å². The lowest BCUT2D eigenvalue weighted by Crippen LogP contribution is -2.19. The molecule has 92 valence electrons. The number of hydrogen-bond acceptors (Lipinski definition) is 4. The van der Waals surface area contributed by atoms with Gasteiger partial charge in [-0.05, 0) is 6.92 Å². The molecule has 5 nitrogen and oxygen atoms in total. The first kappa shape index (κ1) is 12.9. The van der Waals surface area contributed by atoms with E-state index in [1.807, 2.05) is 0 Å². The Balaban J connectivity index is 2.27. The van der Waals surface area contributed by atoms with E-state index in [-0.39, 0.29) is 19.2 Å². The Kier molecular flexibility index (Phi) is 4.25. The van der Waals surface area contributed by atoms with Crippen LogP contribution in [0.25, 0.3) is 0 Å². The number of hydrogen-bond donors (Lipinski definition) is 1. The molecule has 0 aliphatic rings. The fraction of sp³-hybridized carbons (Fsp3) is 0.750. The average molecular weight is 238 g/mol. The SMILES string of the molecule is CC(N)c1cn(CCOCC(F)(F)F)nn1. The first-order valence-electron chi connectivity index (χ1n) is 4.68. The van der Waals surface area contributed by atoms with Crippen LogP contribution in [0, 0.1) is 0 Å². The van der Waals surface area contributed by atoms with Gasteiger partial charge in [-0.15, -0.1) is 5.10 Å². The topological polar surface area (TPSA) is 66.0 Å². The number of rotatable bonds is 5. The van der Waals surface area contributed by atoms with Crippen LogP contribution >= 0.6 is 0 Å². The molecule has 1 rings (SSSR count). The molecule has 1 heterocycles. The summed E-state index contributed by atoms with van der Waals surface area (Å²) in [6.07, 6.45) is -2.71. The summed E-state index contributed by atoms with van der Waals surface area (Å²) in [6, 6.07) is -0.246. The summed E-state index contributed by atoms with van der Waals surface area (Å²) in [7, 11) is 0. The number of nitrogens with two attached hydrogens (primary N) is 1. The molecule has 1 unspecified atom stereocenters. The second-order valence-electron chi connectivity index (χ2n) is 3.36. The molecule has 1 aromatic rings. The van der Waals surface area contributed by atoms with E-state index >= 15 is 0 Å². The van der Waals surface area contributed by atoms with Gasteiger partial charge in [0.1, 0.15) is 6.61 Å². The zero-order valence-electron chi connectivity index (χ0n) is 8.74. The molecule has 1 aromatic heterocycles. The lowest BCUT2D eigenvalue weighted by Gasteiger charge is -2.06. The highest BCUT2D eigenvalue weighted by molar-refractivity contribution is 4.97. The highest BCUT2D eigenvalue weighted by Gasteiger charge is 2.27. The van der Waals surface area contributed by atoms with E-state index in [1.165, 1.54) is 4.68 Å². The van der Waals surface area contributed by atoms with Crippen LogP contribution in [0.15, 0.2) is 6.20 Å². The van der Waals surface area contributed by atoms with Crippen molar-refractivity contribution < 1.29 is 17.9 Å². The van der Waals surface area contributed by atoms with E-state index in [0.29, 0.717) is 5.69 Å². The Hall–Kier alpha value is -1.15. The minimum absolute atomic E-state index is 0.0682. The van der Waals surface area contributed by atoms with Crippen LogP contribution < -0.4 is 5.73 Å². The Bertz CT molecular complexity index is 323. The van der Waals surface area contributed by atoms with Gasteiger partial charge in [-0.3, -0.25) is 0 Å². The molecule has 0 radical (unpaired) electrons. The van der Waals surface area contributed by atoms with E-state index in [1.54, 1.807) is 13.1 Å². The number of aromatic nitrogens is 3. The zero-order valence-corrected chi connectivity index (χ0v) is 8.74. The second-order valence-corrected chi connectivity index (χ2v) is 3.36. The van der Waals surface area contributed by atoms with Crippen molar-refractivity contribution in [2.75, 3.05) is 13.2 Å². The number of halogens is 3. The Morgan fingerprint density at radius 2 is 2.25 bits per heavy atom. The van der Waals surface area contributed by atoms with E-state index in [9.17, 15) is 13.2 Å². The van der Waals surface area contributed by atoms with E-state index in [4.69, 9.17) is 5.73 Å². The fourth-order valence-electron chi connectivity index (χ4n) is 0.977. The van der Waals surface area contributed by atoms with Crippen molar-refractivity contribution in [3.8, 4) is 0 Å². The molecule has 0 aliphatic heterocycles. The molecule has 0 bridgehead atoms. The van der Waals surface area contributed by atoms with Crippen molar-refractivity contribution in [3.63, 3.8) is 0 Å². The maximum absolute atomic E-state index is 11.7. The molecule has 1 atom stereocenters. The third kappa shape index (κ3) is 4.58. The van der Waals surface area contributed by atoms with Crippen LogP contribution in [0.5, 0.6) is 0 Å². The first-order valence-corrected chi connectivity index (χ1v) is 4.68. The summed E-state index contributed by atoms with van der Waals surface area (Å²) >= 11 is 0. The van der Waals surface area contributed by atoms with Gasteiger partial charge in [-0.25, -0.2) is 4.68 Å². The van der Waals surface area contributed by atoms with Crippen molar-refractivity contribution >= 4 is 0 Å². The van der Waals surface area contributed by atoms with Gasteiger partial charge in [-0.1, -0.05) is 5.21 Å². The van der Waals surface area contributed by atoms with Crippen LogP contribution in [0.1, 0.15) is 18.7 Å². The van der Waals surface area contributed by atoms with Gasteiger partial charge >= 0.3 is 6.18 Å². The normalized spacial score (nSPS) is 14.1. The van der Waals surface area contributed by atoms with Crippen molar-refractivity contribution in [2.45, 2.75) is 25.7 Å². The molecule has 0 spiro atoms. The van der Waals surface area contributed by atoms with Crippen molar-refractivity contribution in [3.05, 3.63) is 11.9 Å². The van der Waals surface area contributed by atoms with Gasteiger partial charge in [0.05, 0.1) is 25.0 Å². The predicted molar refractivity (Wildman–Crippen MR) is 49.5 cm³/mol. The molecule has 0 aliphatic carbocycles. The number of alkyl halides is 3. The predicted octanol–water partition coefficient (Wildman–Crippen LogP) is 0.877. The van der Waals surface area contributed by atoms with Gasteiger partial charge in [0.25, 0.3) is 0 Å². The van der Waals surface area contributed by atoms with Gasteiger partial charge in [0.2, 0.25) is 0 Å². The van der Waals surface area contributed by atoms with E-state index in [2.05, 4.69) is 15.0 Å². The molecule has 0 fully saturated rings. The van der Waals surface area contributed by atoms with Crippen LogP contribution in [-0.2, 0) is 11.3 Å². The standard InChI is InChI=1S/C8H13F3N4O/c1-6(12)7-4-15(14-13-7)2-3-16-5-8(9,10)11/h4,6H,2-3,5,12H2,1H3. The molecular formula is C8H13F3N4O. The Morgan fingerprint density at radius 1 is 1.56 bits per heavy atom. The van der Waals surface area contributed by atoms with Gasteiger partial charge in [0.15, 0.2) is 0 Å². The Labute approximate surface area is 90.4 Å². The second kappa shape index (κ2) is 5.26. The van der Waals surface area contributed by atoms with Gasteiger partial charge in [0, 0.05) is 6.04 Å². The minimum Gasteiger partial charge on any atom is -0.370 e. The van der Waals surface area contributed by atoms with Gasteiger partial charge < -0.3 is 10.5 Å². The maximum Gasteiger partial charge on any atom is 0.411 e. The smallest absolute Gasteiger partial charge is 0.370 e.